The fraction of sp³-hybridized carbons (Fsp3) is 0.429. The van der Waals surface area contributed by atoms with Gasteiger partial charge in [-0.15, -0.1) is 5.10 Å². The van der Waals surface area contributed by atoms with E-state index in [1.54, 1.807) is 0 Å². The molecule has 7 nitrogen and oxygen atoms in total. The number of aromatic amines is 1. The molecule has 0 unspecified atom stereocenters. The molecule has 1 aliphatic carbocycles. The average Bonchev–Trinajstić information content (AvgIpc) is 3.39. The highest BCUT2D eigenvalue weighted by molar-refractivity contribution is 5.80. The first kappa shape index (κ1) is 23.4. The molecule has 1 atom stereocenters. The highest BCUT2D eigenvalue weighted by Crippen LogP contribution is 2.33. The van der Waals surface area contributed by atoms with Crippen LogP contribution < -0.4 is 5.56 Å². The van der Waals surface area contributed by atoms with E-state index in [1.807, 2.05) is 22.9 Å². The van der Waals surface area contributed by atoms with Crippen LogP contribution in [0.3, 0.4) is 0 Å². The van der Waals surface area contributed by atoms with Crippen molar-refractivity contribution in [3.05, 3.63) is 87.5 Å². The third kappa shape index (κ3) is 4.91. The van der Waals surface area contributed by atoms with Gasteiger partial charge in [0.1, 0.15) is 6.04 Å². The number of aromatic nitrogens is 5. The minimum Gasteiger partial charge on any atom is -0.322 e. The van der Waals surface area contributed by atoms with Crippen molar-refractivity contribution in [1.82, 2.24) is 30.1 Å². The molecule has 4 aromatic rings. The predicted molar refractivity (Wildman–Crippen MR) is 138 cm³/mol. The summed E-state index contributed by atoms with van der Waals surface area (Å²) in [6, 6.07) is 18.6. The van der Waals surface area contributed by atoms with Crippen LogP contribution in [0.2, 0.25) is 0 Å². The van der Waals surface area contributed by atoms with E-state index in [4.69, 9.17) is 0 Å². The van der Waals surface area contributed by atoms with Crippen LogP contribution in [0.4, 0.5) is 0 Å². The number of hydrogen-bond donors (Lipinski definition) is 1. The maximum absolute atomic E-state index is 13.5. The lowest BCUT2D eigenvalue weighted by Crippen LogP contribution is -2.35. The zero-order chi connectivity index (χ0) is 24.2. The van der Waals surface area contributed by atoms with Crippen LogP contribution in [0.5, 0.6) is 0 Å². The Kier molecular flexibility index (Phi) is 7.04. The van der Waals surface area contributed by atoms with Gasteiger partial charge in [-0.2, -0.15) is 0 Å². The second-order valence-corrected chi connectivity index (χ2v) is 9.55. The molecule has 5 rings (SSSR count). The summed E-state index contributed by atoms with van der Waals surface area (Å²) in [7, 11) is 0. The zero-order valence-electron chi connectivity index (χ0n) is 20.7. The molecular formula is C28H34N6O. The van der Waals surface area contributed by atoms with Crippen molar-refractivity contribution in [1.29, 1.82) is 0 Å². The molecule has 0 aliphatic heterocycles. The van der Waals surface area contributed by atoms with Crippen LogP contribution in [0, 0.1) is 0 Å². The van der Waals surface area contributed by atoms with Gasteiger partial charge in [0, 0.05) is 17.6 Å². The number of nitrogens with zero attached hydrogens (tertiary/aromatic N) is 5. The summed E-state index contributed by atoms with van der Waals surface area (Å²) in [6.07, 6.45) is 6.73. The zero-order valence-corrected chi connectivity index (χ0v) is 20.7. The second kappa shape index (κ2) is 10.5. The lowest BCUT2D eigenvalue weighted by molar-refractivity contribution is 0.204. The number of nitrogens with one attached hydrogen (secondary N) is 1. The van der Waals surface area contributed by atoms with E-state index in [0.29, 0.717) is 12.1 Å². The Hall–Kier alpha value is -3.32. The van der Waals surface area contributed by atoms with Crippen LogP contribution in [0.25, 0.3) is 10.9 Å². The molecule has 1 saturated carbocycles. The number of hydrogen-bond acceptors (Lipinski definition) is 5. The smallest absolute Gasteiger partial charge is 0.253 e. The Morgan fingerprint density at radius 2 is 1.83 bits per heavy atom. The third-order valence-electron chi connectivity index (χ3n) is 7.32. The molecule has 0 saturated heterocycles. The Morgan fingerprint density at radius 3 is 2.57 bits per heavy atom. The molecule has 35 heavy (non-hydrogen) atoms. The summed E-state index contributed by atoms with van der Waals surface area (Å²) in [5.74, 6) is 0.756. The van der Waals surface area contributed by atoms with Gasteiger partial charge in [-0.25, -0.2) is 4.68 Å². The van der Waals surface area contributed by atoms with Crippen LogP contribution in [0.1, 0.15) is 80.6 Å². The molecule has 1 fully saturated rings. The molecular weight excluding hydrogens is 436 g/mol. The number of fused-ring (bicyclic) bond motifs is 1. The Labute approximate surface area is 206 Å². The van der Waals surface area contributed by atoms with E-state index in [0.717, 1.165) is 42.5 Å². The van der Waals surface area contributed by atoms with E-state index in [9.17, 15) is 4.79 Å². The van der Waals surface area contributed by atoms with Crippen molar-refractivity contribution in [2.75, 3.05) is 6.54 Å². The molecule has 2 aromatic heterocycles. The topological polar surface area (TPSA) is 79.7 Å². The maximum Gasteiger partial charge on any atom is 0.253 e. The number of H-pyrrole nitrogens is 1. The van der Waals surface area contributed by atoms with Crippen molar-refractivity contribution >= 4 is 10.9 Å². The van der Waals surface area contributed by atoms with Crippen LogP contribution in [-0.2, 0) is 13.0 Å². The van der Waals surface area contributed by atoms with E-state index in [2.05, 4.69) is 75.7 Å². The lowest BCUT2D eigenvalue weighted by Gasteiger charge is -2.32. The van der Waals surface area contributed by atoms with Crippen molar-refractivity contribution in [3.8, 4) is 0 Å². The number of benzene rings is 2. The first-order valence-electron chi connectivity index (χ1n) is 12.9. The first-order chi connectivity index (χ1) is 17.2. The van der Waals surface area contributed by atoms with Gasteiger partial charge in [-0.3, -0.25) is 9.69 Å². The monoisotopic (exact) mass is 470 g/mol. The molecule has 7 heteroatoms. The normalized spacial score (nSPS) is 15.6. The van der Waals surface area contributed by atoms with Crippen LogP contribution in [0.15, 0.2) is 59.4 Å². The Bertz CT molecular complexity index is 1320. The van der Waals surface area contributed by atoms with Crippen molar-refractivity contribution in [2.45, 2.75) is 71.0 Å². The van der Waals surface area contributed by atoms with E-state index in [-0.39, 0.29) is 17.6 Å². The molecule has 1 aliphatic rings. The number of tetrazole rings is 1. The minimum absolute atomic E-state index is 0.0866. The first-order valence-corrected chi connectivity index (χ1v) is 12.9. The Balaban J connectivity index is 1.65. The number of pyridine rings is 1. The number of rotatable bonds is 8. The average molecular weight is 471 g/mol. The summed E-state index contributed by atoms with van der Waals surface area (Å²) in [6.45, 7) is 5.73. The van der Waals surface area contributed by atoms with Gasteiger partial charge in [-0.1, -0.05) is 69.5 Å². The summed E-state index contributed by atoms with van der Waals surface area (Å²) in [5, 5.41) is 14.1. The molecule has 2 aromatic carbocycles. The molecule has 0 amide bonds. The fourth-order valence-electron chi connectivity index (χ4n) is 5.36. The van der Waals surface area contributed by atoms with E-state index < -0.39 is 0 Å². The van der Waals surface area contributed by atoms with Crippen molar-refractivity contribution < 1.29 is 0 Å². The van der Waals surface area contributed by atoms with Gasteiger partial charge in [0.05, 0.1) is 6.04 Å². The molecule has 2 heterocycles. The summed E-state index contributed by atoms with van der Waals surface area (Å²) < 4.78 is 2.00. The van der Waals surface area contributed by atoms with Gasteiger partial charge in [-0.05, 0) is 70.9 Å². The fourth-order valence-corrected chi connectivity index (χ4v) is 5.36. The van der Waals surface area contributed by atoms with E-state index in [1.165, 1.54) is 30.4 Å². The highest BCUT2D eigenvalue weighted by atomic mass is 16.1. The van der Waals surface area contributed by atoms with Crippen molar-refractivity contribution in [3.63, 3.8) is 0 Å². The van der Waals surface area contributed by atoms with Gasteiger partial charge in [0.2, 0.25) is 0 Å². The van der Waals surface area contributed by atoms with Crippen molar-refractivity contribution in [2.24, 2.45) is 0 Å². The largest absolute Gasteiger partial charge is 0.322 e. The summed E-state index contributed by atoms with van der Waals surface area (Å²) >= 11 is 0. The standard InChI is InChI=1S/C28H34N6O/c1-3-20-15-16-25-22(17-20)18-24(28(35)29-25)26(33(4-2)19-21-11-7-5-8-12-21)27-30-31-32-34(27)23-13-9-6-10-14-23/h5,7-8,11-12,15-18,23,26H,3-4,6,9-10,13-14,19H2,1-2H3,(H,29,35)/t26-/m0/s1. The Morgan fingerprint density at radius 1 is 1.03 bits per heavy atom. The van der Waals surface area contributed by atoms with Crippen LogP contribution in [-0.4, -0.2) is 36.6 Å². The summed E-state index contributed by atoms with van der Waals surface area (Å²) in [5.41, 5.74) is 3.90. The minimum atomic E-state index is -0.351. The summed E-state index contributed by atoms with van der Waals surface area (Å²) in [4.78, 5) is 19.0. The SMILES string of the molecule is CCc1ccc2[nH]c(=O)c([C@@H](c3nnnn3C3CCCCC3)N(CC)Cc3ccccc3)cc2c1. The molecule has 0 bridgehead atoms. The van der Waals surface area contributed by atoms with Crippen LogP contribution >= 0.6 is 0 Å². The molecule has 0 spiro atoms. The van der Waals surface area contributed by atoms with Gasteiger partial charge in [0.25, 0.3) is 5.56 Å². The molecule has 0 radical (unpaired) electrons. The third-order valence-corrected chi connectivity index (χ3v) is 7.32. The predicted octanol–water partition coefficient (Wildman–Crippen LogP) is 5.19. The second-order valence-electron chi connectivity index (χ2n) is 9.55. The van der Waals surface area contributed by atoms with E-state index >= 15 is 0 Å². The quantitative estimate of drug-likeness (QED) is 0.383. The van der Waals surface area contributed by atoms with Gasteiger partial charge >= 0.3 is 0 Å². The lowest BCUT2D eigenvalue weighted by atomic mass is 9.95. The highest BCUT2D eigenvalue weighted by Gasteiger charge is 2.32. The molecule has 182 valence electrons. The van der Waals surface area contributed by atoms with Gasteiger partial charge in [0.15, 0.2) is 5.82 Å². The number of aryl methyl sites for hydroxylation is 1. The maximum atomic E-state index is 13.5. The van der Waals surface area contributed by atoms with Gasteiger partial charge < -0.3 is 4.98 Å². The molecule has 1 N–H and O–H groups in total.